The standard InChI is InChI=1S/C22H31N5/c23-22-25-20-18(17-9-3-1-4-10-17)11-7-12-19(20)21(26-22)27-15-6-2-5-13-24-14-8-16-27/h1,3-4,9-10,18,24H,2,5-8,11-16H2,(H2,23,25,26). The van der Waals surface area contributed by atoms with Crippen LogP contribution < -0.4 is 16.0 Å². The number of hydrogen-bond donors (Lipinski definition) is 2. The van der Waals surface area contributed by atoms with Gasteiger partial charge >= 0.3 is 0 Å². The molecule has 1 fully saturated rings. The summed E-state index contributed by atoms with van der Waals surface area (Å²) in [5.41, 5.74) is 10.0. The first-order chi connectivity index (χ1) is 13.3. The zero-order valence-corrected chi connectivity index (χ0v) is 16.2. The quantitative estimate of drug-likeness (QED) is 0.853. The fourth-order valence-corrected chi connectivity index (χ4v) is 4.50. The molecule has 1 aliphatic heterocycles. The van der Waals surface area contributed by atoms with Crippen LogP contribution in [0.5, 0.6) is 0 Å². The van der Waals surface area contributed by atoms with E-state index in [1.165, 1.54) is 36.8 Å². The van der Waals surface area contributed by atoms with Crippen molar-refractivity contribution in [2.24, 2.45) is 0 Å². The molecule has 2 aromatic rings. The van der Waals surface area contributed by atoms with Crippen LogP contribution in [0.15, 0.2) is 30.3 Å². The molecule has 1 saturated heterocycles. The van der Waals surface area contributed by atoms with E-state index in [4.69, 9.17) is 15.7 Å². The van der Waals surface area contributed by atoms with Gasteiger partial charge in [-0.25, -0.2) is 4.98 Å². The fourth-order valence-electron chi connectivity index (χ4n) is 4.50. The number of fused-ring (bicyclic) bond motifs is 1. The summed E-state index contributed by atoms with van der Waals surface area (Å²) in [6.07, 6.45) is 8.25. The Morgan fingerprint density at radius 3 is 2.63 bits per heavy atom. The summed E-state index contributed by atoms with van der Waals surface area (Å²) in [7, 11) is 0. The number of nitrogens with two attached hydrogens (primary N) is 1. The van der Waals surface area contributed by atoms with E-state index in [1.807, 2.05) is 0 Å². The molecule has 5 nitrogen and oxygen atoms in total. The normalized spacial score (nSPS) is 21.5. The first-order valence-electron chi connectivity index (χ1n) is 10.5. The second-order valence-electron chi connectivity index (χ2n) is 7.78. The van der Waals surface area contributed by atoms with Crippen LogP contribution in [-0.2, 0) is 6.42 Å². The van der Waals surface area contributed by atoms with Gasteiger partial charge in [-0.3, -0.25) is 0 Å². The molecule has 1 aromatic carbocycles. The molecule has 0 bridgehead atoms. The number of rotatable bonds is 2. The molecule has 0 radical (unpaired) electrons. The van der Waals surface area contributed by atoms with Crippen LogP contribution in [0.1, 0.15) is 61.3 Å². The molecule has 0 amide bonds. The molecule has 27 heavy (non-hydrogen) atoms. The predicted octanol–water partition coefficient (Wildman–Crippen LogP) is 3.50. The average Bonchev–Trinajstić information content (AvgIpc) is 2.71. The Labute approximate surface area is 162 Å². The van der Waals surface area contributed by atoms with E-state index in [9.17, 15) is 0 Å². The number of hydrogen-bond acceptors (Lipinski definition) is 5. The van der Waals surface area contributed by atoms with Gasteiger partial charge in [0.1, 0.15) is 5.82 Å². The molecule has 1 atom stereocenters. The second-order valence-corrected chi connectivity index (χ2v) is 7.78. The van der Waals surface area contributed by atoms with Crippen molar-refractivity contribution in [3.8, 4) is 0 Å². The number of benzene rings is 1. The van der Waals surface area contributed by atoms with E-state index in [1.54, 1.807) is 0 Å². The molecule has 1 aromatic heterocycles. The monoisotopic (exact) mass is 365 g/mol. The third kappa shape index (κ3) is 4.24. The molecule has 2 heterocycles. The van der Waals surface area contributed by atoms with Crippen LogP contribution in [0, 0.1) is 0 Å². The lowest BCUT2D eigenvalue weighted by molar-refractivity contribution is 0.546. The Balaban J connectivity index is 1.68. The van der Waals surface area contributed by atoms with Gasteiger partial charge in [-0.1, -0.05) is 36.8 Å². The minimum absolute atomic E-state index is 0.335. The largest absolute Gasteiger partial charge is 0.368 e. The summed E-state index contributed by atoms with van der Waals surface area (Å²) >= 11 is 0. The molecule has 3 N–H and O–H groups in total. The second kappa shape index (κ2) is 8.70. The SMILES string of the molecule is Nc1nc2c(c(N3CCCCCNCCC3)n1)CCCC2c1ccccc1. The van der Waals surface area contributed by atoms with E-state index in [-0.39, 0.29) is 0 Å². The highest BCUT2D eigenvalue weighted by Gasteiger charge is 2.28. The zero-order chi connectivity index (χ0) is 18.5. The summed E-state index contributed by atoms with van der Waals surface area (Å²) in [6, 6.07) is 10.7. The first-order valence-corrected chi connectivity index (χ1v) is 10.5. The summed E-state index contributed by atoms with van der Waals surface area (Å²) in [6.45, 7) is 4.32. The van der Waals surface area contributed by atoms with Crippen molar-refractivity contribution in [3.63, 3.8) is 0 Å². The number of nitrogen functional groups attached to an aromatic ring is 1. The molecular formula is C22H31N5. The third-order valence-corrected chi connectivity index (χ3v) is 5.85. The molecule has 144 valence electrons. The highest BCUT2D eigenvalue weighted by molar-refractivity contribution is 5.55. The molecule has 0 spiro atoms. The maximum Gasteiger partial charge on any atom is 0.222 e. The van der Waals surface area contributed by atoms with Gasteiger partial charge in [-0.15, -0.1) is 0 Å². The van der Waals surface area contributed by atoms with Crippen molar-refractivity contribution in [2.75, 3.05) is 36.8 Å². The van der Waals surface area contributed by atoms with Crippen molar-refractivity contribution in [3.05, 3.63) is 47.2 Å². The van der Waals surface area contributed by atoms with Gasteiger partial charge in [0.05, 0.1) is 5.69 Å². The molecule has 4 rings (SSSR count). The Morgan fingerprint density at radius 2 is 1.74 bits per heavy atom. The van der Waals surface area contributed by atoms with E-state index in [0.717, 1.165) is 57.0 Å². The summed E-state index contributed by atoms with van der Waals surface area (Å²) in [4.78, 5) is 11.9. The Kier molecular flexibility index (Phi) is 5.87. The van der Waals surface area contributed by atoms with Crippen molar-refractivity contribution in [2.45, 2.75) is 50.9 Å². The lowest BCUT2D eigenvalue weighted by Gasteiger charge is -2.32. The average molecular weight is 366 g/mol. The summed E-state index contributed by atoms with van der Waals surface area (Å²) in [5, 5.41) is 3.55. The van der Waals surface area contributed by atoms with Crippen LogP contribution in [0.2, 0.25) is 0 Å². The van der Waals surface area contributed by atoms with Crippen LogP contribution in [0.4, 0.5) is 11.8 Å². The van der Waals surface area contributed by atoms with E-state index in [2.05, 4.69) is 40.5 Å². The first kappa shape index (κ1) is 18.2. The maximum atomic E-state index is 6.19. The Morgan fingerprint density at radius 1 is 0.926 bits per heavy atom. The number of anilines is 2. The van der Waals surface area contributed by atoms with Crippen LogP contribution in [0.25, 0.3) is 0 Å². The topological polar surface area (TPSA) is 67.1 Å². The molecule has 0 saturated carbocycles. The van der Waals surface area contributed by atoms with Gasteiger partial charge in [-0.05, 0) is 57.2 Å². The van der Waals surface area contributed by atoms with Crippen molar-refractivity contribution in [1.29, 1.82) is 0 Å². The van der Waals surface area contributed by atoms with E-state index in [0.29, 0.717) is 11.9 Å². The van der Waals surface area contributed by atoms with Gasteiger partial charge in [0, 0.05) is 24.6 Å². The minimum Gasteiger partial charge on any atom is -0.368 e. The van der Waals surface area contributed by atoms with Crippen LogP contribution in [-0.4, -0.2) is 36.1 Å². The highest BCUT2D eigenvalue weighted by atomic mass is 15.2. The van der Waals surface area contributed by atoms with Crippen molar-refractivity contribution >= 4 is 11.8 Å². The number of nitrogens with zero attached hydrogens (tertiary/aromatic N) is 3. The van der Waals surface area contributed by atoms with E-state index < -0.39 is 0 Å². The Bertz CT molecular complexity index is 736. The Hall–Kier alpha value is -2.14. The summed E-state index contributed by atoms with van der Waals surface area (Å²) in [5.74, 6) is 1.85. The smallest absolute Gasteiger partial charge is 0.222 e. The van der Waals surface area contributed by atoms with E-state index >= 15 is 0 Å². The minimum atomic E-state index is 0.335. The van der Waals surface area contributed by atoms with Gasteiger partial charge in [-0.2, -0.15) is 4.98 Å². The van der Waals surface area contributed by atoms with Crippen LogP contribution in [0.3, 0.4) is 0 Å². The fraction of sp³-hybridized carbons (Fsp3) is 0.545. The molecular weight excluding hydrogens is 334 g/mol. The zero-order valence-electron chi connectivity index (χ0n) is 16.2. The van der Waals surface area contributed by atoms with Gasteiger partial charge < -0.3 is 16.0 Å². The highest BCUT2D eigenvalue weighted by Crippen LogP contribution is 2.39. The van der Waals surface area contributed by atoms with Crippen LogP contribution >= 0.6 is 0 Å². The predicted molar refractivity (Wildman–Crippen MR) is 111 cm³/mol. The van der Waals surface area contributed by atoms with Gasteiger partial charge in [0.15, 0.2) is 0 Å². The number of aromatic nitrogens is 2. The molecule has 1 aliphatic carbocycles. The third-order valence-electron chi connectivity index (χ3n) is 5.85. The molecule has 5 heteroatoms. The van der Waals surface area contributed by atoms with Gasteiger partial charge in [0.25, 0.3) is 0 Å². The van der Waals surface area contributed by atoms with Crippen molar-refractivity contribution in [1.82, 2.24) is 15.3 Å². The number of nitrogens with one attached hydrogen (secondary N) is 1. The molecule has 1 unspecified atom stereocenters. The molecule has 2 aliphatic rings. The van der Waals surface area contributed by atoms with Gasteiger partial charge in [0.2, 0.25) is 5.95 Å². The van der Waals surface area contributed by atoms with Crippen molar-refractivity contribution < 1.29 is 0 Å². The summed E-state index contributed by atoms with van der Waals surface area (Å²) < 4.78 is 0. The maximum absolute atomic E-state index is 6.19. The lowest BCUT2D eigenvalue weighted by atomic mass is 9.82. The lowest BCUT2D eigenvalue weighted by Crippen LogP contribution is -2.33.